The van der Waals surface area contributed by atoms with Crippen molar-refractivity contribution < 1.29 is 8.85 Å². The topological polar surface area (TPSA) is 18.5 Å². The van der Waals surface area contributed by atoms with Gasteiger partial charge in [0.25, 0.3) is 0 Å². The van der Waals surface area contributed by atoms with Crippen LogP contribution >= 0.6 is 0 Å². The monoisotopic (exact) mass is 190 g/mol. The number of rotatable bonds is 7. The van der Waals surface area contributed by atoms with Crippen LogP contribution in [0.1, 0.15) is 39.5 Å². The zero-order valence-electron chi connectivity index (χ0n) is 8.80. The van der Waals surface area contributed by atoms with Crippen molar-refractivity contribution in [1.82, 2.24) is 0 Å². The minimum Gasteiger partial charge on any atom is -0.400 e. The van der Waals surface area contributed by atoms with Gasteiger partial charge >= 0.3 is 9.28 Å². The fourth-order valence-corrected chi connectivity index (χ4v) is 3.04. The van der Waals surface area contributed by atoms with Crippen molar-refractivity contribution in [3.8, 4) is 0 Å². The third kappa shape index (κ3) is 4.90. The molecule has 0 spiro atoms. The maximum atomic E-state index is 5.31. The predicted molar refractivity (Wildman–Crippen MR) is 54.7 cm³/mol. The Labute approximate surface area is 78.1 Å². The Kier molecular flexibility index (Phi) is 7.86. The van der Waals surface area contributed by atoms with Crippen molar-refractivity contribution in [3.63, 3.8) is 0 Å². The van der Waals surface area contributed by atoms with Crippen LogP contribution in [0.3, 0.4) is 0 Å². The SMILES string of the molecule is CCCCCC(C)[SiH](OC)OC. The van der Waals surface area contributed by atoms with Gasteiger partial charge in [0.05, 0.1) is 0 Å². The fourth-order valence-electron chi connectivity index (χ4n) is 1.41. The van der Waals surface area contributed by atoms with E-state index in [0.717, 1.165) is 0 Å². The lowest BCUT2D eigenvalue weighted by atomic mass is 10.2. The molecule has 0 aliphatic rings. The molecule has 2 nitrogen and oxygen atoms in total. The number of unbranched alkanes of at least 4 members (excludes halogenated alkanes) is 2. The molecule has 0 aromatic carbocycles. The molecule has 0 aromatic heterocycles. The first-order valence-corrected chi connectivity index (χ1v) is 6.42. The van der Waals surface area contributed by atoms with E-state index in [-0.39, 0.29) is 0 Å². The van der Waals surface area contributed by atoms with E-state index in [9.17, 15) is 0 Å². The van der Waals surface area contributed by atoms with Gasteiger partial charge in [0.1, 0.15) is 0 Å². The summed E-state index contributed by atoms with van der Waals surface area (Å²) in [5.41, 5.74) is 0.645. The Morgan fingerprint density at radius 2 is 1.75 bits per heavy atom. The van der Waals surface area contributed by atoms with Crippen LogP contribution in [-0.4, -0.2) is 23.5 Å². The van der Waals surface area contributed by atoms with Gasteiger partial charge in [-0.25, -0.2) is 0 Å². The summed E-state index contributed by atoms with van der Waals surface area (Å²) < 4.78 is 10.6. The highest BCUT2D eigenvalue weighted by Crippen LogP contribution is 2.18. The van der Waals surface area contributed by atoms with Crippen LogP contribution in [0.5, 0.6) is 0 Å². The van der Waals surface area contributed by atoms with Crippen molar-refractivity contribution in [2.45, 2.75) is 45.1 Å². The van der Waals surface area contributed by atoms with Crippen LogP contribution in [0.15, 0.2) is 0 Å². The summed E-state index contributed by atoms with van der Waals surface area (Å²) in [6.07, 6.45) is 5.19. The predicted octanol–water partition coefficient (Wildman–Crippen LogP) is 2.47. The Balaban J connectivity index is 3.47. The summed E-state index contributed by atoms with van der Waals surface area (Å²) in [6.45, 7) is 4.46. The molecule has 1 unspecified atom stereocenters. The van der Waals surface area contributed by atoms with Gasteiger partial charge in [-0.3, -0.25) is 0 Å². The van der Waals surface area contributed by atoms with Crippen molar-refractivity contribution in [3.05, 3.63) is 0 Å². The molecule has 0 N–H and O–H groups in total. The second-order valence-electron chi connectivity index (χ2n) is 3.31. The van der Waals surface area contributed by atoms with Crippen LogP contribution < -0.4 is 0 Å². The van der Waals surface area contributed by atoms with Gasteiger partial charge in [0, 0.05) is 14.2 Å². The molecule has 0 rings (SSSR count). The average Bonchev–Trinajstić information content (AvgIpc) is 2.07. The van der Waals surface area contributed by atoms with E-state index in [4.69, 9.17) is 8.85 Å². The first kappa shape index (κ1) is 12.1. The molecule has 0 heterocycles. The zero-order valence-corrected chi connectivity index (χ0v) is 9.95. The summed E-state index contributed by atoms with van der Waals surface area (Å²) in [6, 6.07) is 0. The Morgan fingerprint density at radius 3 is 2.17 bits per heavy atom. The van der Waals surface area contributed by atoms with Crippen molar-refractivity contribution >= 4 is 9.28 Å². The molecule has 0 amide bonds. The molecule has 1 atom stereocenters. The molecular weight excluding hydrogens is 168 g/mol. The lowest BCUT2D eigenvalue weighted by Crippen LogP contribution is -2.24. The van der Waals surface area contributed by atoms with Gasteiger partial charge in [-0.1, -0.05) is 33.1 Å². The standard InChI is InChI=1S/C9H22O2Si/c1-5-6-7-8-9(2)12(10-3)11-4/h9,12H,5-8H2,1-4H3. The van der Waals surface area contributed by atoms with Crippen molar-refractivity contribution in [2.75, 3.05) is 14.2 Å². The number of hydrogen-bond donors (Lipinski definition) is 0. The van der Waals surface area contributed by atoms with E-state index in [1.165, 1.54) is 25.7 Å². The molecule has 0 bridgehead atoms. The first-order valence-electron chi connectivity index (χ1n) is 4.81. The van der Waals surface area contributed by atoms with Gasteiger partial charge in [-0.05, 0) is 12.0 Å². The Morgan fingerprint density at radius 1 is 1.17 bits per heavy atom. The molecule has 0 saturated heterocycles. The summed E-state index contributed by atoms with van der Waals surface area (Å²) >= 11 is 0. The van der Waals surface area contributed by atoms with Gasteiger partial charge in [-0.2, -0.15) is 0 Å². The molecule has 0 aromatic rings. The highest BCUT2D eigenvalue weighted by atomic mass is 28.3. The van der Waals surface area contributed by atoms with Gasteiger partial charge in [-0.15, -0.1) is 0 Å². The third-order valence-electron chi connectivity index (χ3n) is 2.19. The summed E-state index contributed by atoms with van der Waals surface area (Å²) in [5.74, 6) is 0. The van der Waals surface area contributed by atoms with Crippen LogP contribution in [-0.2, 0) is 8.85 Å². The smallest absolute Gasteiger partial charge is 0.323 e. The zero-order chi connectivity index (χ0) is 9.40. The quantitative estimate of drug-likeness (QED) is 0.453. The molecule has 12 heavy (non-hydrogen) atoms. The largest absolute Gasteiger partial charge is 0.400 e. The Hall–Kier alpha value is 0.137. The maximum Gasteiger partial charge on any atom is 0.323 e. The lowest BCUT2D eigenvalue weighted by molar-refractivity contribution is 0.264. The van der Waals surface area contributed by atoms with E-state index in [1.807, 2.05) is 0 Å². The van der Waals surface area contributed by atoms with E-state index in [2.05, 4.69) is 13.8 Å². The van der Waals surface area contributed by atoms with E-state index in [0.29, 0.717) is 5.54 Å². The molecule has 0 aliphatic carbocycles. The molecule has 0 aliphatic heterocycles. The average molecular weight is 190 g/mol. The molecular formula is C9H22O2Si. The van der Waals surface area contributed by atoms with E-state index < -0.39 is 9.28 Å². The molecule has 0 fully saturated rings. The van der Waals surface area contributed by atoms with Crippen LogP contribution in [0.4, 0.5) is 0 Å². The van der Waals surface area contributed by atoms with Gasteiger partial charge in [0.2, 0.25) is 0 Å². The third-order valence-corrected chi connectivity index (χ3v) is 4.38. The first-order chi connectivity index (χ1) is 5.76. The molecule has 74 valence electrons. The fraction of sp³-hybridized carbons (Fsp3) is 1.00. The normalized spacial score (nSPS) is 13.8. The van der Waals surface area contributed by atoms with Crippen molar-refractivity contribution in [1.29, 1.82) is 0 Å². The summed E-state index contributed by atoms with van der Waals surface area (Å²) in [4.78, 5) is 0. The molecule has 0 saturated carbocycles. The van der Waals surface area contributed by atoms with Crippen LogP contribution in [0.2, 0.25) is 5.54 Å². The highest BCUT2D eigenvalue weighted by Gasteiger charge is 2.18. The number of hydrogen-bond acceptors (Lipinski definition) is 2. The minimum atomic E-state index is -1.33. The van der Waals surface area contributed by atoms with E-state index in [1.54, 1.807) is 14.2 Å². The van der Waals surface area contributed by atoms with E-state index >= 15 is 0 Å². The second kappa shape index (κ2) is 7.77. The van der Waals surface area contributed by atoms with Gasteiger partial charge in [0.15, 0.2) is 0 Å². The highest BCUT2D eigenvalue weighted by molar-refractivity contribution is 6.46. The van der Waals surface area contributed by atoms with Crippen LogP contribution in [0, 0.1) is 0 Å². The minimum absolute atomic E-state index is 0.645. The maximum absolute atomic E-state index is 5.31. The second-order valence-corrected chi connectivity index (χ2v) is 6.13. The summed E-state index contributed by atoms with van der Waals surface area (Å²) in [7, 11) is 2.19. The Bertz CT molecular complexity index is 94.5. The van der Waals surface area contributed by atoms with Crippen LogP contribution in [0.25, 0.3) is 0 Å². The molecule has 3 heteroatoms. The van der Waals surface area contributed by atoms with Gasteiger partial charge < -0.3 is 8.85 Å². The lowest BCUT2D eigenvalue weighted by Gasteiger charge is -2.18. The summed E-state index contributed by atoms with van der Waals surface area (Å²) in [5, 5.41) is 0. The van der Waals surface area contributed by atoms with Crippen molar-refractivity contribution in [2.24, 2.45) is 0 Å². The molecule has 0 radical (unpaired) electrons.